The Hall–Kier alpha value is -0.200. The molecule has 0 aliphatic carbocycles. The number of hydrogen-bond donors (Lipinski definition) is 0. The Bertz CT molecular complexity index is 532. The van der Waals surface area contributed by atoms with Crippen molar-refractivity contribution in [2.45, 2.75) is 26.2 Å². The molecule has 5 heteroatoms. The van der Waals surface area contributed by atoms with Crippen LogP contribution < -0.4 is 0 Å². The Morgan fingerprint density at radius 2 is 2.00 bits per heavy atom. The van der Waals surface area contributed by atoms with E-state index in [0.717, 1.165) is 14.8 Å². The summed E-state index contributed by atoms with van der Waals surface area (Å²) >= 11 is 10.0. The summed E-state index contributed by atoms with van der Waals surface area (Å²) in [5, 5.41) is 4.58. The minimum absolute atomic E-state index is 0.0339. The first-order valence-corrected chi connectivity index (χ1v) is 7.55. The van der Waals surface area contributed by atoms with Crippen LogP contribution in [0.5, 0.6) is 0 Å². The highest BCUT2D eigenvalue weighted by molar-refractivity contribution is 14.1. The molecule has 0 saturated carbocycles. The van der Waals surface area contributed by atoms with Crippen LogP contribution in [0.3, 0.4) is 0 Å². The van der Waals surface area contributed by atoms with E-state index in [1.807, 2.05) is 16.8 Å². The fraction of sp³-hybridized carbons (Fsp3) is 0.333. The zero-order valence-corrected chi connectivity index (χ0v) is 13.5. The molecule has 0 saturated heterocycles. The van der Waals surface area contributed by atoms with Crippen molar-refractivity contribution in [2.24, 2.45) is 0 Å². The monoisotopic (exact) mass is 378 g/mol. The van der Waals surface area contributed by atoms with Crippen LogP contribution in [0.15, 0.2) is 16.8 Å². The molecule has 90 valence electrons. The van der Waals surface area contributed by atoms with Crippen LogP contribution in [0.4, 0.5) is 0 Å². The van der Waals surface area contributed by atoms with Gasteiger partial charge in [0, 0.05) is 16.4 Å². The number of aromatic nitrogens is 2. The third-order valence-corrected chi connectivity index (χ3v) is 4.60. The van der Waals surface area contributed by atoms with Gasteiger partial charge in [-0.1, -0.05) is 32.4 Å². The molecule has 0 bridgehead atoms. The fourth-order valence-electron chi connectivity index (χ4n) is 1.44. The van der Waals surface area contributed by atoms with Crippen molar-refractivity contribution in [3.8, 4) is 11.4 Å². The van der Waals surface area contributed by atoms with Crippen LogP contribution >= 0.6 is 45.5 Å². The Morgan fingerprint density at radius 3 is 2.53 bits per heavy atom. The molecule has 0 unspecified atom stereocenters. The molecule has 2 rings (SSSR count). The molecule has 2 aromatic rings. The van der Waals surface area contributed by atoms with E-state index in [2.05, 4.69) is 53.3 Å². The quantitative estimate of drug-likeness (QED) is 0.528. The van der Waals surface area contributed by atoms with E-state index in [-0.39, 0.29) is 5.41 Å². The molecule has 17 heavy (non-hydrogen) atoms. The lowest BCUT2D eigenvalue weighted by molar-refractivity contribution is 0.563. The Labute approximate surface area is 124 Å². The highest BCUT2D eigenvalue weighted by Gasteiger charge is 2.22. The zero-order valence-electron chi connectivity index (χ0n) is 9.79. The van der Waals surface area contributed by atoms with Gasteiger partial charge in [-0.2, -0.15) is 11.3 Å². The van der Waals surface area contributed by atoms with E-state index < -0.39 is 0 Å². The van der Waals surface area contributed by atoms with Gasteiger partial charge in [-0.25, -0.2) is 9.97 Å². The van der Waals surface area contributed by atoms with Gasteiger partial charge in [-0.05, 0) is 34.0 Å². The molecule has 0 spiro atoms. The van der Waals surface area contributed by atoms with E-state index in [1.54, 1.807) is 11.3 Å². The van der Waals surface area contributed by atoms with Crippen molar-refractivity contribution < 1.29 is 0 Å². The molecule has 0 aromatic carbocycles. The highest BCUT2D eigenvalue weighted by atomic mass is 127. The second-order valence-electron chi connectivity index (χ2n) is 4.76. The summed E-state index contributed by atoms with van der Waals surface area (Å²) in [5.74, 6) is 0.710. The summed E-state index contributed by atoms with van der Waals surface area (Å²) in [6.07, 6.45) is 0. The lowest BCUT2D eigenvalue weighted by Gasteiger charge is -2.20. The normalized spacial score (nSPS) is 11.8. The van der Waals surface area contributed by atoms with Gasteiger partial charge in [0.1, 0.15) is 5.15 Å². The van der Waals surface area contributed by atoms with Gasteiger partial charge in [-0.15, -0.1) is 0 Å². The number of hydrogen-bond acceptors (Lipinski definition) is 3. The number of halogens is 2. The van der Waals surface area contributed by atoms with Crippen LogP contribution in [-0.2, 0) is 5.41 Å². The van der Waals surface area contributed by atoms with Crippen LogP contribution in [0.25, 0.3) is 11.4 Å². The molecular formula is C12H12ClIN2S. The lowest BCUT2D eigenvalue weighted by Crippen LogP contribution is -2.17. The van der Waals surface area contributed by atoms with Crippen molar-refractivity contribution in [3.63, 3.8) is 0 Å². The third-order valence-electron chi connectivity index (χ3n) is 2.30. The van der Waals surface area contributed by atoms with Crippen LogP contribution in [0.2, 0.25) is 5.15 Å². The molecule has 0 atom stereocenters. The first kappa shape index (κ1) is 13.2. The number of rotatable bonds is 1. The third kappa shape index (κ3) is 2.80. The maximum absolute atomic E-state index is 6.19. The van der Waals surface area contributed by atoms with Crippen LogP contribution in [0, 0.1) is 3.57 Å². The van der Waals surface area contributed by atoms with Gasteiger partial charge in [-0.3, -0.25) is 0 Å². The maximum atomic E-state index is 6.19. The van der Waals surface area contributed by atoms with Gasteiger partial charge in [0.25, 0.3) is 0 Å². The molecule has 2 aromatic heterocycles. The molecule has 0 amide bonds. The Kier molecular flexibility index (Phi) is 3.75. The summed E-state index contributed by atoms with van der Waals surface area (Å²) in [6, 6.07) is 2.01. The molecule has 0 aliphatic rings. The van der Waals surface area contributed by atoms with E-state index >= 15 is 0 Å². The number of thiophene rings is 1. The molecular weight excluding hydrogens is 367 g/mol. The van der Waals surface area contributed by atoms with Gasteiger partial charge < -0.3 is 0 Å². The summed E-state index contributed by atoms with van der Waals surface area (Å²) in [7, 11) is 0. The first-order chi connectivity index (χ1) is 7.89. The van der Waals surface area contributed by atoms with E-state index in [9.17, 15) is 0 Å². The highest BCUT2D eigenvalue weighted by Crippen LogP contribution is 2.31. The smallest absolute Gasteiger partial charge is 0.162 e. The summed E-state index contributed by atoms with van der Waals surface area (Å²) in [6.45, 7) is 6.39. The summed E-state index contributed by atoms with van der Waals surface area (Å²) < 4.78 is 0.941. The van der Waals surface area contributed by atoms with E-state index in [4.69, 9.17) is 11.6 Å². The Morgan fingerprint density at radius 1 is 1.29 bits per heavy atom. The predicted molar refractivity (Wildman–Crippen MR) is 81.8 cm³/mol. The second kappa shape index (κ2) is 4.82. The first-order valence-electron chi connectivity index (χ1n) is 5.15. The van der Waals surface area contributed by atoms with Gasteiger partial charge in [0.2, 0.25) is 0 Å². The second-order valence-corrected chi connectivity index (χ2v) is 6.98. The SMILES string of the molecule is CC(C)(C)c1nc(-c2ccsc2)nc(Cl)c1I. The van der Waals surface area contributed by atoms with Crippen LogP contribution in [-0.4, -0.2) is 9.97 Å². The summed E-state index contributed by atoms with van der Waals surface area (Å²) in [4.78, 5) is 8.99. The van der Waals surface area contributed by atoms with Crippen molar-refractivity contribution >= 4 is 45.5 Å². The molecule has 0 N–H and O–H groups in total. The minimum atomic E-state index is -0.0339. The fourth-order valence-corrected chi connectivity index (χ4v) is 3.29. The van der Waals surface area contributed by atoms with Crippen molar-refractivity contribution in [2.75, 3.05) is 0 Å². The lowest BCUT2D eigenvalue weighted by atomic mass is 9.92. The molecule has 0 fully saturated rings. The molecule has 2 nitrogen and oxygen atoms in total. The van der Waals surface area contributed by atoms with E-state index in [1.165, 1.54) is 0 Å². The van der Waals surface area contributed by atoms with Crippen molar-refractivity contribution in [3.05, 3.63) is 31.2 Å². The molecule has 0 aliphatic heterocycles. The topological polar surface area (TPSA) is 25.8 Å². The average Bonchev–Trinajstić information content (AvgIpc) is 2.73. The maximum Gasteiger partial charge on any atom is 0.162 e. The molecule has 2 heterocycles. The van der Waals surface area contributed by atoms with Crippen molar-refractivity contribution in [1.82, 2.24) is 9.97 Å². The standard InChI is InChI=1S/C12H12ClIN2S/c1-12(2,3)9-8(14)10(13)16-11(15-9)7-4-5-17-6-7/h4-6H,1-3H3. The van der Waals surface area contributed by atoms with Gasteiger partial charge in [0.05, 0.1) is 9.26 Å². The predicted octanol–water partition coefficient (Wildman–Crippen LogP) is 4.76. The van der Waals surface area contributed by atoms with Gasteiger partial charge >= 0.3 is 0 Å². The Balaban J connectivity index is 2.62. The summed E-state index contributed by atoms with van der Waals surface area (Å²) in [5.41, 5.74) is 1.99. The van der Waals surface area contributed by atoms with Crippen molar-refractivity contribution in [1.29, 1.82) is 0 Å². The van der Waals surface area contributed by atoms with Gasteiger partial charge in [0.15, 0.2) is 5.82 Å². The zero-order chi connectivity index (χ0) is 12.6. The van der Waals surface area contributed by atoms with Crippen LogP contribution in [0.1, 0.15) is 26.5 Å². The minimum Gasteiger partial charge on any atom is -0.231 e. The average molecular weight is 379 g/mol. The largest absolute Gasteiger partial charge is 0.231 e. The number of nitrogens with zero attached hydrogens (tertiary/aromatic N) is 2. The molecule has 0 radical (unpaired) electrons. The van der Waals surface area contributed by atoms with E-state index in [0.29, 0.717) is 11.0 Å².